The molecular formula is C14H18ClFN2O. The van der Waals surface area contributed by atoms with Crippen molar-refractivity contribution in [2.45, 2.75) is 31.8 Å². The predicted octanol–water partition coefficient (Wildman–Crippen LogP) is 2.48. The largest absolute Gasteiger partial charge is 0.359 e. The molecular weight excluding hydrogens is 267 g/mol. The van der Waals surface area contributed by atoms with Crippen LogP contribution in [-0.4, -0.2) is 19.0 Å². The molecule has 0 unspecified atom stereocenters. The number of rotatable bonds is 4. The molecule has 1 saturated carbocycles. The Morgan fingerprint density at radius 3 is 3.00 bits per heavy atom. The molecule has 0 heterocycles. The second-order valence-electron chi connectivity index (χ2n) is 4.87. The molecule has 1 amide bonds. The third kappa shape index (κ3) is 3.45. The Kier molecular flexibility index (Phi) is 4.77. The number of benzene rings is 1. The van der Waals surface area contributed by atoms with Crippen LogP contribution in [0, 0.1) is 11.7 Å². The number of nitrogens with one attached hydrogen (secondary N) is 2. The second-order valence-corrected chi connectivity index (χ2v) is 5.28. The smallest absolute Gasteiger partial charge is 0.224 e. The number of carbonyl (C=O) groups is 1. The van der Waals surface area contributed by atoms with E-state index in [0.29, 0.717) is 11.6 Å². The first-order valence-electron chi connectivity index (χ1n) is 6.50. The first-order valence-corrected chi connectivity index (χ1v) is 6.88. The lowest BCUT2D eigenvalue weighted by Crippen LogP contribution is -2.40. The third-order valence-corrected chi connectivity index (χ3v) is 4.03. The summed E-state index contributed by atoms with van der Waals surface area (Å²) in [7, 11) is 1.65. The van der Waals surface area contributed by atoms with E-state index in [4.69, 9.17) is 11.6 Å². The van der Waals surface area contributed by atoms with Gasteiger partial charge in [0.15, 0.2) is 0 Å². The Labute approximate surface area is 117 Å². The van der Waals surface area contributed by atoms with Crippen molar-refractivity contribution >= 4 is 17.5 Å². The van der Waals surface area contributed by atoms with E-state index in [2.05, 4.69) is 10.6 Å². The highest BCUT2D eigenvalue weighted by Crippen LogP contribution is 2.26. The monoisotopic (exact) mass is 284 g/mol. The van der Waals surface area contributed by atoms with Crippen molar-refractivity contribution in [3.63, 3.8) is 0 Å². The van der Waals surface area contributed by atoms with Crippen LogP contribution in [0.5, 0.6) is 0 Å². The maximum atomic E-state index is 13.2. The molecule has 1 aliphatic carbocycles. The van der Waals surface area contributed by atoms with Crippen LogP contribution in [0.4, 0.5) is 4.39 Å². The summed E-state index contributed by atoms with van der Waals surface area (Å²) in [5.41, 5.74) is 0.726. The average molecular weight is 285 g/mol. The van der Waals surface area contributed by atoms with Crippen molar-refractivity contribution in [2.75, 3.05) is 7.05 Å². The van der Waals surface area contributed by atoms with E-state index in [1.165, 1.54) is 12.1 Å². The van der Waals surface area contributed by atoms with E-state index < -0.39 is 0 Å². The molecule has 1 aliphatic rings. The van der Waals surface area contributed by atoms with E-state index in [-0.39, 0.29) is 23.7 Å². The highest BCUT2D eigenvalue weighted by atomic mass is 35.5. The Bertz CT molecular complexity index is 467. The maximum absolute atomic E-state index is 13.2. The minimum absolute atomic E-state index is 0.00247. The summed E-state index contributed by atoms with van der Waals surface area (Å²) < 4.78 is 13.2. The zero-order valence-corrected chi connectivity index (χ0v) is 11.6. The Balaban J connectivity index is 1.98. The van der Waals surface area contributed by atoms with Gasteiger partial charge >= 0.3 is 0 Å². The topological polar surface area (TPSA) is 41.1 Å². The highest BCUT2D eigenvalue weighted by Gasteiger charge is 2.31. The fourth-order valence-corrected chi connectivity index (χ4v) is 2.81. The van der Waals surface area contributed by atoms with Crippen LogP contribution < -0.4 is 10.6 Å². The molecule has 1 aromatic rings. The first kappa shape index (κ1) is 14.3. The van der Waals surface area contributed by atoms with E-state index >= 15 is 0 Å². The van der Waals surface area contributed by atoms with Gasteiger partial charge in [0.2, 0.25) is 5.91 Å². The fourth-order valence-electron chi connectivity index (χ4n) is 2.62. The summed E-state index contributed by atoms with van der Waals surface area (Å²) in [5, 5.41) is 6.55. The lowest BCUT2D eigenvalue weighted by atomic mass is 10.0. The Hall–Kier alpha value is -1.13. The standard InChI is InChI=1S/C14H18ClFN2O/c1-17-14(19)11-3-2-4-13(11)18-8-9-7-10(16)5-6-12(9)15/h5-7,11,13,18H,2-4,8H2,1H3,(H,17,19)/t11-,13+/m1/s1. The van der Waals surface area contributed by atoms with Crippen molar-refractivity contribution in [1.29, 1.82) is 0 Å². The summed E-state index contributed by atoms with van der Waals surface area (Å²) >= 11 is 6.02. The van der Waals surface area contributed by atoms with Gasteiger partial charge in [0.1, 0.15) is 5.82 Å². The summed E-state index contributed by atoms with van der Waals surface area (Å²) in [6.45, 7) is 0.481. The van der Waals surface area contributed by atoms with Gasteiger partial charge in [-0.15, -0.1) is 0 Å². The fraction of sp³-hybridized carbons (Fsp3) is 0.500. The number of carbonyl (C=O) groups excluding carboxylic acids is 1. The van der Waals surface area contributed by atoms with Gasteiger partial charge in [-0.1, -0.05) is 18.0 Å². The van der Waals surface area contributed by atoms with Gasteiger partial charge in [-0.2, -0.15) is 0 Å². The molecule has 2 atom stereocenters. The molecule has 2 N–H and O–H groups in total. The summed E-state index contributed by atoms with van der Waals surface area (Å²) in [5.74, 6) is -0.229. The number of halogens is 2. The average Bonchev–Trinajstić information content (AvgIpc) is 2.87. The van der Waals surface area contributed by atoms with E-state index in [1.54, 1.807) is 13.1 Å². The first-order chi connectivity index (χ1) is 9.11. The predicted molar refractivity (Wildman–Crippen MR) is 73.4 cm³/mol. The van der Waals surface area contributed by atoms with Crippen LogP contribution in [-0.2, 0) is 11.3 Å². The van der Waals surface area contributed by atoms with Crippen molar-refractivity contribution < 1.29 is 9.18 Å². The SMILES string of the molecule is CNC(=O)[C@@H]1CCC[C@@H]1NCc1cc(F)ccc1Cl. The summed E-state index contributed by atoms with van der Waals surface area (Å²) in [6.07, 6.45) is 2.89. The van der Waals surface area contributed by atoms with Crippen LogP contribution in [0.2, 0.25) is 5.02 Å². The second kappa shape index (κ2) is 6.35. The van der Waals surface area contributed by atoms with Gasteiger partial charge in [-0.3, -0.25) is 4.79 Å². The zero-order valence-electron chi connectivity index (χ0n) is 10.9. The molecule has 0 spiro atoms. The van der Waals surface area contributed by atoms with Gasteiger partial charge in [-0.05, 0) is 36.6 Å². The van der Waals surface area contributed by atoms with E-state index in [1.807, 2.05) is 0 Å². The molecule has 5 heteroatoms. The number of hydrogen-bond donors (Lipinski definition) is 2. The molecule has 0 saturated heterocycles. The van der Waals surface area contributed by atoms with E-state index in [9.17, 15) is 9.18 Å². The van der Waals surface area contributed by atoms with Crippen LogP contribution in [0.15, 0.2) is 18.2 Å². The molecule has 1 fully saturated rings. The Morgan fingerprint density at radius 2 is 2.26 bits per heavy atom. The highest BCUT2D eigenvalue weighted by molar-refractivity contribution is 6.31. The third-order valence-electron chi connectivity index (χ3n) is 3.66. The van der Waals surface area contributed by atoms with Crippen molar-refractivity contribution in [2.24, 2.45) is 5.92 Å². The summed E-state index contributed by atoms with van der Waals surface area (Å²) in [6, 6.07) is 4.46. The van der Waals surface area contributed by atoms with Crippen molar-refractivity contribution in [1.82, 2.24) is 10.6 Å². The van der Waals surface area contributed by atoms with E-state index in [0.717, 1.165) is 24.8 Å². The normalized spacial score (nSPS) is 22.5. The number of hydrogen-bond acceptors (Lipinski definition) is 2. The maximum Gasteiger partial charge on any atom is 0.224 e. The molecule has 0 aromatic heterocycles. The van der Waals surface area contributed by atoms with Crippen LogP contribution >= 0.6 is 11.6 Å². The number of amides is 1. The lowest BCUT2D eigenvalue weighted by Gasteiger charge is -2.20. The quantitative estimate of drug-likeness (QED) is 0.892. The molecule has 0 bridgehead atoms. The molecule has 104 valence electrons. The van der Waals surface area contributed by atoms with Gasteiger partial charge in [0.05, 0.1) is 5.92 Å². The van der Waals surface area contributed by atoms with Crippen LogP contribution in [0.1, 0.15) is 24.8 Å². The summed E-state index contributed by atoms with van der Waals surface area (Å²) in [4.78, 5) is 11.7. The molecule has 2 rings (SSSR count). The molecule has 3 nitrogen and oxygen atoms in total. The lowest BCUT2D eigenvalue weighted by molar-refractivity contribution is -0.124. The minimum atomic E-state index is -0.296. The Morgan fingerprint density at radius 1 is 1.47 bits per heavy atom. The van der Waals surface area contributed by atoms with Gasteiger partial charge in [0.25, 0.3) is 0 Å². The molecule has 19 heavy (non-hydrogen) atoms. The molecule has 1 aromatic carbocycles. The molecule has 0 aliphatic heterocycles. The molecule has 0 radical (unpaired) electrons. The van der Waals surface area contributed by atoms with Crippen molar-refractivity contribution in [3.05, 3.63) is 34.6 Å². The van der Waals surface area contributed by atoms with Gasteiger partial charge < -0.3 is 10.6 Å². The van der Waals surface area contributed by atoms with Crippen molar-refractivity contribution in [3.8, 4) is 0 Å². The minimum Gasteiger partial charge on any atom is -0.359 e. The van der Waals surface area contributed by atoms with Gasteiger partial charge in [-0.25, -0.2) is 4.39 Å². The van der Waals surface area contributed by atoms with Crippen LogP contribution in [0.3, 0.4) is 0 Å². The zero-order chi connectivity index (χ0) is 13.8. The van der Waals surface area contributed by atoms with Gasteiger partial charge in [0, 0.05) is 24.7 Å². The van der Waals surface area contributed by atoms with Crippen LogP contribution in [0.25, 0.3) is 0 Å².